The highest BCUT2D eigenvalue weighted by Crippen LogP contribution is 2.27. The van der Waals surface area contributed by atoms with Crippen LogP contribution in [0.4, 0.5) is 4.79 Å². The van der Waals surface area contributed by atoms with Crippen LogP contribution in [0.2, 0.25) is 0 Å². The van der Waals surface area contributed by atoms with E-state index in [0.29, 0.717) is 28.2 Å². The van der Waals surface area contributed by atoms with Crippen molar-refractivity contribution < 1.29 is 28.0 Å². The number of furan rings is 2. The Labute approximate surface area is 187 Å². The minimum absolute atomic E-state index is 0.00353. The SMILES string of the molecule is CC(C)n1ncc2c(C(=O)OCC(=O)NC(=O)NCc3ccco3)cc(-c3ccco3)nc21. The summed E-state index contributed by atoms with van der Waals surface area (Å²) in [5.74, 6) is -0.548. The van der Waals surface area contributed by atoms with E-state index in [1.54, 1.807) is 28.9 Å². The number of nitrogens with one attached hydrogen (secondary N) is 2. The Bertz CT molecular complexity index is 1270. The van der Waals surface area contributed by atoms with Crippen LogP contribution in [-0.4, -0.2) is 39.3 Å². The minimum Gasteiger partial charge on any atom is -0.467 e. The number of imide groups is 1. The average molecular weight is 451 g/mol. The molecule has 3 amide bonds. The summed E-state index contributed by atoms with van der Waals surface area (Å²) < 4.78 is 17.3. The Balaban J connectivity index is 1.46. The molecular formula is C22H21N5O6. The van der Waals surface area contributed by atoms with E-state index in [4.69, 9.17) is 13.6 Å². The lowest BCUT2D eigenvalue weighted by atomic mass is 10.1. The molecule has 0 aliphatic carbocycles. The van der Waals surface area contributed by atoms with E-state index in [9.17, 15) is 14.4 Å². The van der Waals surface area contributed by atoms with E-state index in [-0.39, 0.29) is 18.2 Å². The van der Waals surface area contributed by atoms with Gasteiger partial charge in [0.1, 0.15) is 11.5 Å². The molecule has 11 nitrogen and oxygen atoms in total. The van der Waals surface area contributed by atoms with Gasteiger partial charge in [0.25, 0.3) is 5.91 Å². The Morgan fingerprint density at radius 3 is 2.64 bits per heavy atom. The van der Waals surface area contributed by atoms with Gasteiger partial charge < -0.3 is 18.9 Å². The molecule has 0 aliphatic rings. The number of fused-ring (bicyclic) bond motifs is 1. The highest BCUT2D eigenvalue weighted by molar-refractivity contribution is 6.04. The summed E-state index contributed by atoms with van der Waals surface area (Å²) in [6.45, 7) is 3.33. The van der Waals surface area contributed by atoms with E-state index in [1.165, 1.54) is 24.8 Å². The number of rotatable bonds is 7. The van der Waals surface area contributed by atoms with Crippen molar-refractivity contribution in [3.05, 3.63) is 60.4 Å². The molecule has 0 bridgehead atoms. The highest BCUT2D eigenvalue weighted by atomic mass is 16.5. The molecule has 33 heavy (non-hydrogen) atoms. The molecule has 0 spiro atoms. The van der Waals surface area contributed by atoms with Crippen LogP contribution >= 0.6 is 0 Å². The first-order valence-corrected chi connectivity index (χ1v) is 10.1. The number of esters is 1. The van der Waals surface area contributed by atoms with Crippen molar-refractivity contribution in [3.8, 4) is 11.5 Å². The van der Waals surface area contributed by atoms with Crippen LogP contribution in [0, 0.1) is 0 Å². The summed E-state index contributed by atoms with van der Waals surface area (Å²) in [4.78, 5) is 41.3. The summed E-state index contributed by atoms with van der Waals surface area (Å²) in [5.41, 5.74) is 1.07. The molecule has 4 heterocycles. The van der Waals surface area contributed by atoms with Crippen LogP contribution in [0.5, 0.6) is 0 Å². The van der Waals surface area contributed by atoms with Crippen molar-refractivity contribution >= 4 is 28.9 Å². The van der Waals surface area contributed by atoms with E-state index in [1.807, 2.05) is 13.8 Å². The maximum Gasteiger partial charge on any atom is 0.339 e. The predicted octanol–water partition coefficient (Wildman–Crippen LogP) is 3.05. The lowest BCUT2D eigenvalue weighted by Crippen LogP contribution is -2.41. The molecule has 0 atom stereocenters. The van der Waals surface area contributed by atoms with Gasteiger partial charge in [-0.25, -0.2) is 19.3 Å². The number of pyridine rings is 1. The van der Waals surface area contributed by atoms with Crippen molar-refractivity contribution in [2.75, 3.05) is 6.61 Å². The van der Waals surface area contributed by atoms with Crippen LogP contribution in [-0.2, 0) is 16.1 Å². The molecule has 0 aromatic carbocycles. The van der Waals surface area contributed by atoms with Gasteiger partial charge in [0.05, 0.1) is 36.2 Å². The summed E-state index contributed by atoms with van der Waals surface area (Å²) >= 11 is 0. The standard InChI is InChI=1S/C22H21N5O6/c1-13(2)27-20-16(11-24-27)15(9-17(25-20)18-6-4-8-32-18)21(29)33-12-19(28)26-22(30)23-10-14-5-3-7-31-14/h3-9,11,13H,10,12H2,1-2H3,(H2,23,26,28,30). The first-order chi connectivity index (χ1) is 15.9. The zero-order valence-electron chi connectivity index (χ0n) is 17.9. The van der Waals surface area contributed by atoms with Gasteiger partial charge in [-0.3, -0.25) is 10.1 Å². The molecule has 4 rings (SSSR count). The fourth-order valence-electron chi connectivity index (χ4n) is 3.11. The van der Waals surface area contributed by atoms with Crippen LogP contribution in [0.3, 0.4) is 0 Å². The van der Waals surface area contributed by atoms with Crippen LogP contribution < -0.4 is 10.6 Å². The summed E-state index contributed by atoms with van der Waals surface area (Å²) in [6, 6.07) is 7.56. The van der Waals surface area contributed by atoms with Gasteiger partial charge >= 0.3 is 12.0 Å². The largest absolute Gasteiger partial charge is 0.467 e. The van der Waals surface area contributed by atoms with Crippen molar-refractivity contribution in [2.24, 2.45) is 0 Å². The fraction of sp³-hybridized carbons (Fsp3) is 0.227. The van der Waals surface area contributed by atoms with Gasteiger partial charge in [-0.05, 0) is 44.2 Å². The Hall–Kier alpha value is -4.41. The second kappa shape index (κ2) is 9.39. The number of hydrogen-bond acceptors (Lipinski definition) is 8. The Morgan fingerprint density at radius 2 is 1.94 bits per heavy atom. The monoisotopic (exact) mass is 451 g/mol. The molecule has 170 valence electrons. The number of carbonyl (C=O) groups is 3. The predicted molar refractivity (Wildman–Crippen MR) is 115 cm³/mol. The first kappa shape index (κ1) is 21.8. The number of urea groups is 1. The van der Waals surface area contributed by atoms with Gasteiger partial charge in [0.15, 0.2) is 18.0 Å². The molecular weight excluding hydrogens is 430 g/mol. The number of ether oxygens (including phenoxy) is 1. The van der Waals surface area contributed by atoms with E-state index >= 15 is 0 Å². The Kier molecular flexibility index (Phi) is 6.20. The second-order valence-electron chi connectivity index (χ2n) is 7.34. The van der Waals surface area contributed by atoms with Crippen molar-refractivity contribution in [3.63, 3.8) is 0 Å². The lowest BCUT2D eigenvalue weighted by Gasteiger charge is -2.10. The van der Waals surface area contributed by atoms with Gasteiger partial charge in [-0.2, -0.15) is 5.10 Å². The number of hydrogen-bond donors (Lipinski definition) is 2. The lowest BCUT2D eigenvalue weighted by molar-refractivity contribution is -0.123. The van der Waals surface area contributed by atoms with Crippen molar-refractivity contribution in [2.45, 2.75) is 26.4 Å². The van der Waals surface area contributed by atoms with Crippen LogP contribution in [0.15, 0.2) is 57.9 Å². The molecule has 11 heteroatoms. The van der Waals surface area contributed by atoms with Gasteiger partial charge in [0, 0.05) is 6.04 Å². The summed E-state index contributed by atoms with van der Waals surface area (Å²) in [7, 11) is 0. The Morgan fingerprint density at radius 1 is 1.15 bits per heavy atom. The topological polar surface area (TPSA) is 141 Å². The smallest absolute Gasteiger partial charge is 0.339 e. The second-order valence-corrected chi connectivity index (χ2v) is 7.34. The molecule has 4 aromatic heterocycles. The number of amides is 3. The molecule has 2 N–H and O–H groups in total. The summed E-state index contributed by atoms with van der Waals surface area (Å²) in [5, 5.41) is 9.33. The third-order valence-electron chi connectivity index (χ3n) is 4.64. The van der Waals surface area contributed by atoms with E-state index in [2.05, 4.69) is 20.7 Å². The third kappa shape index (κ3) is 4.92. The summed E-state index contributed by atoms with van der Waals surface area (Å²) in [6.07, 6.45) is 4.49. The van der Waals surface area contributed by atoms with Gasteiger partial charge in [-0.15, -0.1) is 0 Å². The number of carbonyl (C=O) groups excluding carboxylic acids is 3. The highest BCUT2D eigenvalue weighted by Gasteiger charge is 2.21. The number of aromatic nitrogens is 3. The van der Waals surface area contributed by atoms with Crippen LogP contribution in [0.1, 0.15) is 36.0 Å². The van der Waals surface area contributed by atoms with Gasteiger partial charge in [-0.1, -0.05) is 0 Å². The van der Waals surface area contributed by atoms with E-state index in [0.717, 1.165) is 0 Å². The quantitative estimate of drug-likeness (QED) is 0.408. The zero-order valence-corrected chi connectivity index (χ0v) is 17.9. The van der Waals surface area contributed by atoms with Gasteiger partial charge in [0.2, 0.25) is 0 Å². The zero-order chi connectivity index (χ0) is 23.4. The van der Waals surface area contributed by atoms with E-state index < -0.39 is 24.5 Å². The maximum atomic E-state index is 12.8. The first-order valence-electron chi connectivity index (χ1n) is 10.1. The molecule has 0 fully saturated rings. The molecule has 0 radical (unpaired) electrons. The average Bonchev–Trinajstić information content (AvgIpc) is 3.56. The normalized spacial score (nSPS) is 11.0. The van der Waals surface area contributed by atoms with Crippen molar-refractivity contribution in [1.82, 2.24) is 25.4 Å². The molecule has 4 aromatic rings. The molecule has 0 saturated heterocycles. The number of nitrogens with zero attached hydrogens (tertiary/aromatic N) is 3. The fourth-order valence-corrected chi connectivity index (χ4v) is 3.11. The minimum atomic E-state index is -0.783. The third-order valence-corrected chi connectivity index (χ3v) is 4.64. The molecule has 0 aliphatic heterocycles. The maximum absolute atomic E-state index is 12.8. The molecule has 0 saturated carbocycles. The van der Waals surface area contributed by atoms with Crippen LogP contribution in [0.25, 0.3) is 22.5 Å². The van der Waals surface area contributed by atoms with Crippen molar-refractivity contribution in [1.29, 1.82) is 0 Å². The molecule has 0 unspecified atom stereocenters.